The highest BCUT2D eigenvalue weighted by Gasteiger charge is 2.30. The van der Waals surface area contributed by atoms with Gasteiger partial charge in [0.05, 0.1) is 30.2 Å². The van der Waals surface area contributed by atoms with Crippen molar-refractivity contribution >= 4 is 21.6 Å². The zero-order valence-corrected chi connectivity index (χ0v) is 28.4. The number of aryl methyl sites for hydroxylation is 1. The average molecular weight is 650 g/mol. The number of hydrogen-bond acceptors (Lipinski definition) is 6. The van der Waals surface area contributed by atoms with Crippen molar-refractivity contribution in [3.8, 4) is 23.1 Å². The van der Waals surface area contributed by atoms with Gasteiger partial charge in [0.15, 0.2) is 0 Å². The van der Waals surface area contributed by atoms with Gasteiger partial charge in [-0.3, -0.25) is 14.5 Å². The first-order valence-electron chi connectivity index (χ1n) is 16.1. The fourth-order valence-corrected chi connectivity index (χ4v) is 7.64. The molecule has 4 heterocycles. The maximum Gasteiger partial charge on any atom is 0.211 e. The normalized spacial score (nSPS) is 19.6. The molecule has 6 rings (SSSR count). The van der Waals surface area contributed by atoms with Crippen LogP contribution in [0, 0.1) is 11.8 Å². The van der Waals surface area contributed by atoms with Gasteiger partial charge in [0, 0.05) is 92.3 Å². The molecule has 0 radical (unpaired) electrons. The molecule has 3 aromatic rings. The largest absolute Gasteiger partial charge is 0.379 e. The molecular formula is C35H44ClN5O3S. The fraction of sp³-hybridized carbons (Fsp3) is 0.514. The first kappa shape index (κ1) is 32.2. The highest BCUT2D eigenvalue weighted by atomic mass is 35.5. The van der Waals surface area contributed by atoms with Crippen LogP contribution in [0.25, 0.3) is 11.3 Å². The minimum absolute atomic E-state index is 0.316. The van der Waals surface area contributed by atoms with Crippen molar-refractivity contribution in [1.29, 1.82) is 0 Å². The Labute approximate surface area is 273 Å². The van der Waals surface area contributed by atoms with Crippen molar-refractivity contribution in [3.63, 3.8) is 0 Å². The highest BCUT2D eigenvalue weighted by Crippen LogP contribution is 2.33. The molecule has 0 aliphatic carbocycles. The zero-order valence-electron chi connectivity index (χ0n) is 26.9. The first-order chi connectivity index (χ1) is 21.6. The van der Waals surface area contributed by atoms with Crippen LogP contribution in [0.5, 0.6) is 0 Å². The Morgan fingerprint density at radius 1 is 1.02 bits per heavy atom. The number of sulfonamides is 1. The lowest BCUT2D eigenvalue weighted by Gasteiger charge is -2.33. The smallest absolute Gasteiger partial charge is 0.211 e. The van der Waals surface area contributed by atoms with Crippen molar-refractivity contribution in [2.45, 2.75) is 71.8 Å². The molecule has 0 spiro atoms. The van der Waals surface area contributed by atoms with E-state index in [0.29, 0.717) is 36.6 Å². The van der Waals surface area contributed by atoms with E-state index in [-0.39, 0.29) is 0 Å². The summed E-state index contributed by atoms with van der Waals surface area (Å²) in [5.74, 6) is 6.67. The van der Waals surface area contributed by atoms with Crippen molar-refractivity contribution < 1.29 is 13.2 Å². The number of morpholine rings is 1. The maximum atomic E-state index is 12.5. The van der Waals surface area contributed by atoms with E-state index in [1.165, 1.54) is 17.4 Å². The van der Waals surface area contributed by atoms with Gasteiger partial charge in [-0.25, -0.2) is 8.42 Å². The fourth-order valence-electron chi connectivity index (χ4n) is 6.69. The van der Waals surface area contributed by atoms with Crippen molar-refractivity contribution in [2.75, 3.05) is 45.6 Å². The molecule has 10 heteroatoms. The van der Waals surface area contributed by atoms with E-state index in [2.05, 4.69) is 65.3 Å². The quantitative estimate of drug-likeness (QED) is 0.343. The predicted molar refractivity (Wildman–Crippen MR) is 180 cm³/mol. The van der Waals surface area contributed by atoms with Gasteiger partial charge in [-0.05, 0) is 69.0 Å². The minimum atomic E-state index is -3.33. The van der Waals surface area contributed by atoms with Gasteiger partial charge in [0.1, 0.15) is 0 Å². The molecule has 0 N–H and O–H groups in total. The molecule has 0 amide bonds. The van der Waals surface area contributed by atoms with Crippen LogP contribution < -0.4 is 0 Å². The van der Waals surface area contributed by atoms with Crippen molar-refractivity contribution in [3.05, 3.63) is 74.9 Å². The predicted octanol–water partition coefficient (Wildman–Crippen LogP) is 4.80. The van der Waals surface area contributed by atoms with E-state index in [1.54, 1.807) is 4.31 Å². The van der Waals surface area contributed by atoms with Gasteiger partial charge in [-0.1, -0.05) is 35.6 Å². The average Bonchev–Trinajstić information content (AvgIpc) is 3.38. The van der Waals surface area contributed by atoms with E-state index < -0.39 is 10.0 Å². The number of benzene rings is 2. The lowest BCUT2D eigenvalue weighted by molar-refractivity contribution is -0.00122. The van der Waals surface area contributed by atoms with E-state index in [4.69, 9.17) is 21.4 Å². The number of fused-ring (bicyclic) bond motifs is 2. The summed E-state index contributed by atoms with van der Waals surface area (Å²) < 4.78 is 34.3. The van der Waals surface area contributed by atoms with Crippen molar-refractivity contribution in [1.82, 2.24) is 23.9 Å². The van der Waals surface area contributed by atoms with Gasteiger partial charge in [0.2, 0.25) is 10.0 Å². The summed E-state index contributed by atoms with van der Waals surface area (Å²) in [7, 11) is -3.33. The van der Waals surface area contributed by atoms with Gasteiger partial charge in [-0.15, -0.1) is 0 Å². The van der Waals surface area contributed by atoms with Crippen LogP contribution in [-0.2, 0) is 47.2 Å². The van der Waals surface area contributed by atoms with Crippen LogP contribution >= 0.6 is 11.6 Å². The Morgan fingerprint density at radius 3 is 2.64 bits per heavy atom. The number of nitrogens with zero attached hydrogens (tertiary/aromatic N) is 5. The number of ether oxygens (including phenoxy) is 1. The molecule has 1 saturated heterocycles. The molecule has 240 valence electrons. The second kappa shape index (κ2) is 13.6. The van der Waals surface area contributed by atoms with Gasteiger partial charge in [0.25, 0.3) is 0 Å². The summed E-state index contributed by atoms with van der Waals surface area (Å²) in [6, 6.07) is 13.3. The lowest BCUT2D eigenvalue weighted by atomic mass is 9.96. The highest BCUT2D eigenvalue weighted by molar-refractivity contribution is 7.88. The molecule has 45 heavy (non-hydrogen) atoms. The topological polar surface area (TPSA) is 70.9 Å². The van der Waals surface area contributed by atoms with Crippen LogP contribution in [0.1, 0.15) is 60.7 Å². The Bertz CT molecular complexity index is 1720. The van der Waals surface area contributed by atoms with Crippen molar-refractivity contribution in [2.24, 2.45) is 0 Å². The molecule has 0 unspecified atom stereocenters. The summed E-state index contributed by atoms with van der Waals surface area (Å²) in [6.07, 6.45) is 3.94. The Morgan fingerprint density at radius 2 is 1.87 bits per heavy atom. The molecule has 1 atom stereocenters. The van der Waals surface area contributed by atoms with E-state index in [9.17, 15) is 8.42 Å². The third-order valence-electron chi connectivity index (χ3n) is 9.45. The molecule has 0 bridgehead atoms. The summed E-state index contributed by atoms with van der Waals surface area (Å²) in [4.78, 5) is 4.96. The molecule has 2 aromatic carbocycles. The molecule has 3 aliphatic rings. The van der Waals surface area contributed by atoms with E-state index in [0.717, 1.165) is 92.4 Å². The number of aromatic nitrogens is 2. The molecule has 1 aromatic heterocycles. The molecule has 1 fully saturated rings. The second-order valence-electron chi connectivity index (χ2n) is 12.9. The second-order valence-corrected chi connectivity index (χ2v) is 15.3. The third kappa shape index (κ3) is 7.32. The van der Waals surface area contributed by atoms with Crippen LogP contribution in [0.2, 0.25) is 5.02 Å². The van der Waals surface area contributed by atoms with E-state index >= 15 is 0 Å². The number of hydrogen-bond donors (Lipinski definition) is 0. The summed E-state index contributed by atoms with van der Waals surface area (Å²) >= 11 is 6.67. The third-order valence-corrected chi connectivity index (χ3v) is 11.0. The van der Waals surface area contributed by atoms with E-state index in [1.807, 2.05) is 18.2 Å². The Balaban J connectivity index is 1.28. The van der Waals surface area contributed by atoms with Crippen LogP contribution in [0.15, 0.2) is 36.4 Å². The standard InChI is InChI=1S/C35H44ClN5O3S/c1-25(2)39-16-12-28-8-6-27(20-31(28)22-39)7-9-29-21-30(10-11-33(29)36)35-32-23-40(45(4,42)43)17-13-34(32)41(37-35)15-5-14-38-18-19-44-24-26(38)3/h6,8,10-11,20-21,25-26H,5,12-19,22-24H2,1-4H3/t26-/m0/s1. The summed E-state index contributed by atoms with van der Waals surface area (Å²) in [5, 5.41) is 5.68. The van der Waals surface area contributed by atoms with Crippen LogP contribution in [-0.4, -0.2) is 90.0 Å². The van der Waals surface area contributed by atoms with Crippen LogP contribution in [0.4, 0.5) is 0 Å². The zero-order chi connectivity index (χ0) is 31.7. The molecule has 0 saturated carbocycles. The molecule has 3 aliphatic heterocycles. The van der Waals surface area contributed by atoms with Gasteiger partial charge >= 0.3 is 0 Å². The lowest BCUT2D eigenvalue weighted by Crippen LogP contribution is -2.44. The first-order valence-corrected chi connectivity index (χ1v) is 18.3. The Kier molecular flexibility index (Phi) is 9.72. The molecule has 8 nitrogen and oxygen atoms in total. The summed E-state index contributed by atoms with van der Waals surface area (Å²) in [6.45, 7) is 13.8. The summed E-state index contributed by atoms with van der Waals surface area (Å²) in [5.41, 5.74) is 8.24. The maximum absolute atomic E-state index is 12.5. The number of halogens is 1. The van der Waals surface area contributed by atoms with Crippen LogP contribution in [0.3, 0.4) is 0 Å². The monoisotopic (exact) mass is 649 g/mol. The Hall–Kier alpha value is -2.71. The SMILES string of the molecule is CC(C)N1CCc2ccc(C#Cc3cc(-c4nn(CCCN5CCOC[C@@H]5C)c5c4CN(S(C)(=O)=O)CC5)ccc3Cl)cc2C1. The van der Waals surface area contributed by atoms with Gasteiger partial charge in [-0.2, -0.15) is 9.40 Å². The molecular weight excluding hydrogens is 606 g/mol. The van der Waals surface area contributed by atoms with Gasteiger partial charge < -0.3 is 4.74 Å². The minimum Gasteiger partial charge on any atom is -0.379 e. The number of rotatable bonds is 7.